The topological polar surface area (TPSA) is 174 Å². The van der Waals surface area contributed by atoms with E-state index in [2.05, 4.69) is 16.3 Å². The third kappa shape index (κ3) is 8.54. The predicted molar refractivity (Wildman–Crippen MR) is 211 cm³/mol. The van der Waals surface area contributed by atoms with Gasteiger partial charge in [0.25, 0.3) is 0 Å². The van der Waals surface area contributed by atoms with Crippen LogP contribution in [-0.4, -0.2) is 109 Å². The van der Waals surface area contributed by atoms with Crippen molar-refractivity contribution >= 4 is 44.4 Å². The number of allylic oxidation sites excluding steroid dienone is 1. The number of methoxy groups -OCH3 is 1. The summed E-state index contributed by atoms with van der Waals surface area (Å²) in [5, 5.41) is 0.0696. The van der Waals surface area contributed by atoms with E-state index in [4.69, 9.17) is 19.2 Å². The van der Waals surface area contributed by atoms with Gasteiger partial charge in [0.2, 0.25) is 27.7 Å². The maximum Gasteiger partial charge on any atom is 0.240 e. The first-order chi connectivity index (χ1) is 27.1. The highest BCUT2D eigenvalue weighted by Gasteiger charge is 2.61. The molecule has 3 aromatic rings. The number of Topliss-reactive ketones (excluding diaryl/α,β-unsaturated/α-hetero) is 1. The summed E-state index contributed by atoms with van der Waals surface area (Å²) in [4.78, 5) is 69.3. The lowest BCUT2D eigenvalue weighted by atomic mass is 9.77. The molecular formula is C42H51N5O9S. The normalized spacial score (nSPS) is 24.1. The minimum absolute atomic E-state index is 0.0343. The second-order valence-corrected chi connectivity index (χ2v) is 18.7. The Labute approximate surface area is 333 Å². The van der Waals surface area contributed by atoms with Gasteiger partial charge in [0.15, 0.2) is 5.78 Å². The van der Waals surface area contributed by atoms with E-state index in [1.165, 1.54) is 4.90 Å². The maximum atomic E-state index is 14.9. The highest BCUT2D eigenvalue weighted by molar-refractivity contribution is 7.90. The zero-order chi connectivity index (χ0) is 40.7. The Morgan fingerprint density at radius 3 is 2.47 bits per heavy atom. The number of rotatable bonds is 14. The number of amides is 3. The van der Waals surface area contributed by atoms with Crippen LogP contribution in [-0.2, 0) is 33.9 Å². The van der Waals surface area contributed by atoms with Gasteiger partial charge in [0.1, 0.15) is 17.6 Å². The molecule has 14 nitrogen and oxygen atoms in total. The van der Waals surface area contributed by atoms with Crippen LogP contribution in [0.25, 0.3) is 22.3 Å². The number of sulfonamides is 1. The van der Waals surface area contributed by atoms with Crippen molar-refractivity contribution in [3.05, 3.63) is 61.3 Å². The number of morpholine rings is 1. The number of aromatic nitrogens is 2. The van der Waals surface area contributed by atoms with E-state index in [9.17, 15) is 27.6 Å². The maximum absolute atomic E-state index is 14.9. The molecule has 57 heavy (non-hydrogen) atoms. The molecule has 2 aliphatic carbocycles. The summed E-state index contributed by atoms with van der Waals surface area (Å²) in [6.07, 6.45) is 3.56. The predicted octanol–water partition coefficient (Wildman–Crippen LogP) is 4.32. The average molecular weight is 802 g/mol. The Kier molecular flexibility index (Phi) is 11.2. The molecule has 1 aromatic carbocycles. The molecule has 3 amide bonds. The molecule has 2 saturated carbocycles. The number of nitrogens with one attached hydrogen (secondary N) is 1. The zero-order valence-electron chi connectivity index (χ0n) is 32.9. The van der Waals surface area contributed by atoms with Gasteiger partial charge in [0.05, 0.1) is 66.4 Å². The Morgan fingerprint density at radius 1 is 1.09 bits per heavy atom. The van der Waals surface area contributed by atoms with E-state index in [0.29, 0.717) is 72.9 Å². The van der Waals surface area contributed by atoms with Gasteiger partial charge in [-0.2, -0.15) is 0 Å². The monoisotopic (exact) mass is 801 g/mol. The number of hydrogen-bond donors (Lipinski definition) is 1. The summed E-state index contributed by atoms with van der Waals surface area (Å²) in [6, 6.07) is 11.7. The lowest BCUT2D eigenvalue weighted by Gasteiger charge is -2.36. The second-order valence-electron chi connectivity index (χ2n) is 16.7. The number of benzene rings is 1. The highest BCUT2D eigenvalue weighted by atomic mass is 32.2. The number of carbonyl (C=O) groups excluding carboxylic acids is 4. The first-order valence-corrected chi connectivity index (χ1v) is 21.1. The van der Waals surface area contributed by atoms with Crippen LogP contribution < -0.4 is 14.2 Å². The minimum Gasteiger partial charge on any atom is -0.497 e. The van der Waals surface area contributed by atoms with Crippen molar-refractivity contribution in [1.29, 1.82) is 0 Å². The standard InChI is InChI=1S/C42H51N5O9S/c1-6-26-23-42(26,40(51)45-57(52,53)29-11-12-29)24-36(48)35-20-28(25-47(35)39(50)31(41(2,3)4)21-38(49)46-15-17-55-18-16-46)56-37-22-34(32-9-7-8-14-43-32)44-33-19-27(54-5)10-13-30(33)37/h6-10,13-14,19,22,26,28-29,31,35H,1,11-12,15-18,20-21,23-25H2,2-5H3,(H,45,51)/t26-,28-,31-,35+,42-/m1/s1. The van der Waals surface area contributed by atoms with E-state index in [0.717, 1.165) is 0 Å². The summed E-state index contributed by atoms with van der Waals surface area (Å²) in [5.74, 6) is -1.76. The Bertz CT molecular complexity index is 2160. The summed E-state index contributed by atoms with van der Waals surface area (Å²) in [7, 11) is -2.30. The molecule has 2 aliphatic heterocycles. The molecule has 5 atom stereocenters. The number of hydrogen-bond acceptors (Lipinski definition) is 11. The average Bonchev–Trinajstić information content (AvgIpc) is 4.13. The SMILES string of the molecule is C=C[C@@H]1C[C@]1(CC(=O)[C@@H]1C[C@@H](Oc2cc(-c3ccccn3)nc3cc(OC)ccc23)CN1C(=O)[C@@H](CC(=O)N1CCOCC1)C(C)(C)C)C(=O)NS(=O)(=O)C1CC1. The minimum atomic E-state index is -3.87. The third-order valence-corrected chi connectivity index (χ3v) is 13.6. The quantitative estimate of drug-likeness (QED) is 0.230. The molecule has 2 aromatic heterocycles. The number of nitrogens with zero attached hydrogens (tertiary/aromatic N) is 4. The molecule has 0 spiro atoms. The molecule has 7 rings (SSSR count). The smallest absolute Gasteiger partial charge is 0.240 e. The molecule has 4 aliphatic rings. The van der Waals surface area contributed by atoms with Gasteiger partial charge in [0, 0.05) is 56.1 Å². The largest absolute Gasteiger partial charge is 0.497 e. The molecular weight excluding hydrogens is 751 g/mol. The second kappa shape index (κ2) is 15.8. The summed E-state index contributed by atoms with van der Waals surface area (Å²) >= 11 is 0. The number of likely N-dealkylation sites (tertiary alicyclic amines) is 1. The summed E-state index contributed by atoms with van der Waals surface area (Å²) < 4.78 is 45.6. The Hall–Kier alpha value is -4.89. The summed E-state index contributed by atoms with van der Waals surface area (Å²) in [6.45, 7) is 11.3. The highest BCUT2D eigenvalue weighted by Crippen LogP contribution is 2.57. The van der Waals surface area contributed by atoms with Gasteiger partial charge in [-0.3, -0.25) is 28.9 Å². The number of fused-ring (bicyclic) bond motifs is 1. The van der Waals surface area contributed by atoms with E-state index in [-0.39, 0.29) is 49.8 Å². The number of ether oxygens (including phenoxy) is 3. The van der Waals surface area contributed by atoms with E-state index >= 15 is 0 Å². The molecule has 0 unspecified atom stereocenters. The lowest BCUT2D eigenvalue weighted by Crippen LogP contribution is -2.50. The van der Waals surface area contributed by atoms with Crippen LogP contribution in [0.3, 0.4) is 0 Å². The first-order valence-electron chi connectivity index (χ1n) is 19.6. The van der Waals surface area contributed by atoms with Crippen LogP contribution >= 0.6 is 0 Å². The molecule has 2 saturated heterocycles. The Morgan fingerprint density at radius 2 is 1.84 bits per heavy atom. The van der Waals surface area contributed by atoms with Crippen molar-refractivity contribution in [3.63, 3.8) is 0 Å². The van der Waals surface area contributed by atoms with Gasteiger partial charge < -0.3 is 24.0 Å². The molecule has 4 fully saturated rings. The van der Waals surface area contributed by atoms with Gasteiger partial charge >= 0.3 is 0 Å². The Balaban J connectivity index is 1.21. The fourth-order valence-corrected chi connectivity index (χ4v) is 9.43. The number of carbonyl (C=O) groups is 4. The van der Waals surface area contributed by atoms with Gasteiger partial charge in [-0.05, 0) is 54.9 Å². The van der Waals surface area contributed by atoms with Gasteiger partial charge in [-0.1, -0.05) is 32.9 Å². The summed E-state index contributed by atoms with van der Waals surface area (Å²) in [5.41, 5.74) is -0.194. The molecule has 0 radical (unpaired) electrons. The number of pyridine rings is 2. The van der Waals surface area contributed by atoms with Crippen molar-refractivity contribution in [1.82, 2.24) is 24.5 Å². The van der Waals surface area contributed by atoms with Crippen LogP contribution in [0.15, 0.2) is 61.3 Å². The zero-order valence-corrected chi connectivity index (χ0v) is 33.8. The molecule has 304 valence electrons. The lowest BCUT2D eigenvalue weighted by molar-refractivity contribution is -0.149. The number of ketones is 1. The van der Waals surface area contributed by atoms with E-state index < -0.39 is 56.0 Å². The fourth-order valence-electron chi connectivity index (χ4n) is 8.05. The van der Waals surface area contributed by atoms with Crippen molar-refractivity contribution in [2.24, 2.45) is 22.7 Å². The third-order valence-electron chi connectivity index (χ3n) is 11.8. The van der Waals surface area contributed by atoms with Crippen molar-refractivity contribution < 1.29 is 41.8 Å². The molecule has 4 heterocycles. The molecule has 1 N–H and O–H groups in total. The van der Waals surface area contributed by atoms with Gasteiger partial charge in [-0.15, -0.1) is 6.58 Å². The van der Waals surface area contributed by atoms with Crippen LogP contribution in [0.5, 0.6) is 11.5 Å². The van der Waals surface area contributed by atoms with Crippen LogP contribution in [0, 0.1) is 22.7 Å². The van der Waals surface area contributed by atoms with Crippen molar-refractivity contribution in [2.75, 3.05) is 40.0 Å². The van der Waals surface area contributed by atoms with Crippen LogP contribution in [0.2, 0.25) is 0 Å². The molecule has 0 bridgehead atoms. The van der Waals surface area contributed by atoms with Crippen LogP contribution in [0.1, 0.15) is 59.3 Å². The van der Waals surface area contributed by atoms with Gasteiger partial charge in [-0.25, -0.2) is 13.4 Å². The van der Waals surface area contributed by atoms with Crippen LogP contribution in [0.4, 0.5) is 0 Å². The van der Waals surface area contributed by atoms with E-state index in [1.807, 2.05) is 45.0 Å². The first kappa shape index (κ1) is 40.3. The van der Waals surface area contributed by atoms with Crippen molar-refractivity contribution in [2.45, 2.75) is 76.7 Å². The molecule has 15 heteroatoms. The van der Waals surface area contributed by atoms with Crippen molar-refractivity contribution in [3.8, 4) is 22.9 Å². The van der Waals surface area contributed by atoms with E-state index in [1.54, 1.807) is 42.5 Å². The fraction of sp³-hybridized carbons (Fsp3) is 0.524.